The van der Waals surface area contributed by atoms with E-state index in [4.69, 9.17) is 0 Å². The first-order valence-corrected chi connectivity index (χ1v) is 21.7. The molecule has 0 amide bonds. The van der Waals surface area contributed by atoms with Gasteiger partial charge in [0.15, 0.2) is 0 Å². The summed E-state index contributed by atoms with van der Waals surface area (Å²) in [6.07, 6.45) is 23.9. The van der Waals surface area contributed by atoms with E-state index in [-0.39, 0.29) is 43.1 Å². The number of fused-ring (bicyclic) bond motifs is 5. The van der Waals surface area contributed by atoms with E-state index in [1.165, 1.54) is 97.4 Å². The quantitative estimate of drug-likeness (QED) is 0.176. The van der Waals surface area contributed by atoms with Crippen molar-refractivity contribution in [3.05, 3.63) is 136 Å². The maximum absolute atomic E-state index is 3.65. The van der Waals surface area contributed by atoms with Crippen molar-refractivity contribution >= 4 is 40.2 Å². The van der Waals surface area contributed by atoms with Crippen LogP contribution in [0.25, 0.3) is 22.3 Å². The van der Waals surface area contributed by atoms with Crippen LogP contribution in [0.3, 0.4) is 0 Å². The molecule has 3 aromatic carbocycles. The van der Waals surface area contributed by atoms with Gasteiger partial charge in [0.05, 0.1) is 0 Å². The zero-order valence-corrected chi connectivity index (χ0v) is 39.4. The van der Waals surface area contributed by atoms with Crippen LogP contribution in [0.1, 0.15) is 139 Å². The number of benzene rings is 3. The second kappa shape index (κ2) is 17.4. The average molecular weight is 851 g/mol. The van der Waals surface area contributed by atoms with Gasteiger partial charge in [0.2, 0.25) is 0 Å². The van der Waals surface area contributed by atoms with Crippen molar-refractivity contribution in [2.45, 2.75) is 125 Å². The molecule has 55 heavy (non-hydrogen) atoms. The Morgan fingerprint density at radius 2 is 1.25 bits per heavy atom. The molecule has 3 heteroatoms. The van der Waals surface area contributed by atoms with Crippen LogP contribution < -0.4 is 0 Å². The molecule has 11 rings (SSSR count). The van der Waals surface area contributed by atoms with E-state index in [9.17, 15) is 0 Å². The Labute approximate surface area is 363 Å². The molecule has 8 aliphatic carbocycles. The Kier molecular flexibility index (Phi) is 14.5. The van der Waals surface area contributed by atoms with Crippen LogP contribution in [0, 0.1) is 61.7 Å². The predicted molar refractivity (Wildman–Crippen MR) is 240 cm³/mol. The molecule has 0 spiro atoms. The van der Waals surface area contributed by atoms with Crippen molar-refractivity contribution in [2.75, 3.05) is 0 Å². The minimum atomic E-state index is 0. The molecule has 1 unspecified atom stereocenters. The summed E-state index contributed by atoms with van der Waals surface area (Å²) in [6.45, 7) is 20.3. The maximum Gasteiger partial charge on any atom is -0.358 e. The van der Waals surface area contributed by atoms with Gasteiger partial charge in [-0.05, 0) is 120 Å². The molecule has 8 aliphatic rings. The van der Waals surface area contributed by atoms with Gasteiger partial charge in [-0.1, -0.05) is 91.4 Å². The fourth-order valence-electron chi connectivity index (χ4n) is 11.7. The van der Waals surface area contributed by atoms with Gasteiger partial charge in [-0.25, -0.2) is 11.1 Å². The molecule has 0 N–H and O–H groups in total. The molecule has 0 nitrogen and oxygen atoms in total. The molecule has 1 atom stereocenters. The molecule has 0 saturated heterocycles. The van der Waals surface area contributed by atoms with Crippen LogP contribution in [0.15, 0.2) is 71.8 Å². The van der Waals surface area contributed by atoms with Gasteiger partial charge in [-0.15, -0.1) is 36.4 Å². The van der Waals surface area contributed by atoms with Crippen molar-refractivity contribution in [3.8, 4) is 11.1 Å². The van der Waals surface area contributed by atoms with Crippen molar-refractivity contribution in [2.24, 2.45) is 29.1 Å². The Morgan fingerprint density at radius 1 is 0.727 bits per heavy atom. The number of allylic oxidation sites excluding steroid dienone is 8. The fraction of sp³-hybridized carbons (Fsp3) is 0.462. The van der Waals surface area contributed by atoms with Crippen molar-refractivity contribution in [1.29, 1.82) is 0 Å². The molecule has 4 fully saturated rings. The molecule has 0 aromatic heterocycles. The van der Waals surface area contributed by atoms with E-state index < -0.39 is 0 Å². The molecule has 4 saturated carbocycles. The first-order valence-electron chi connectivity index (χ1n) is 19.9. The maximum atomic E-state index is 3.65. The van der Waals surface area contributed by atoms with Gasteiger partial charge in [0.25, 0.3) is 0 Å². The summed E-state index contributed by atoms with van der Waals surface area (Å²) in [4.78, 5) is 0. The summed E-state index contributed by atoms with van der Waals surface area (Å²) < 4.78 is 3.34. The molecule has 294 valence electrons. The zero-order valence-electron chi connectivity index (χ0n) is 35.3. The number of hydrogen-bond acceptors (Lipinski definition) is 0. The van der Waals surface area contributed by atoms with Gasteiger partial charge in [0.1, 0.15) is 0 Å². The third kappa shape index (κ3) is 9.01. The SMILES string of the molecule is CC1=[C-]C(C)(C)c2cc3c(cc21)-c1cc2c(cc1C3)C(C)(C)C=C2C.CC1=[C-]C(C)C=C1CC12CC3CC(CC(C3)C1)C2.Cc1cc[c-]cc1.Cl.Cl.[CH2]=[Zr].[CH3-]. The largest absolute Gasteiger partial charge is 0.358 e. The Morgan fingerprint density at radius 3 is 1.75 bits per heavy atom. The molecule has 4 bridgehead atoms. The molecular formula is C52H64Cl2Zr-4. The van der Waals surface area contributed by atoms with E-state index in [0.29, 0.717) is 11.3 Å². The van der Waals surface area contributed by atoms with E-state index >= 15 is 0 Å². The molecule has 0 aliphatic heterocycles. The zero-order chi connectivity index (χ0) is 37.2. The van der Waals surface area contributed by atoms with Crippen LogP contribution >= 0.6 is 24.8 Å². The average Bonchev–Trinajstić information content (AvgIpc) is 3.73. The predicted octanol–water partition coefficient (Wildman–Crippen LogP) is 14.4. The Balaban J connectivity index is 0.000000197. The van der Waals surface area contributed by atoms with Crippen molar-refractivity contribution in [1.82, 2.24) is 0 Å². The Hall–Kier alpha value is -2.05. The van der Waals surface area contributed by atoms with E-state index in [0.717, 1.165) is 24.2 Å². The minimum absolute atomic E-state index is 0. The van der Waals surface area contributed by atoms with Gasteiger partial charge in [-0.3, -0.25) is 12.2 Å². The van der Waals surface area contributed by atoms with E-state index in [1.54, 1.807) is 44.1 Å². The first-order chi connectivity index (χ1) is 24.7. The second-order valence-electron chi connectivity index (χ2n) is 18.6. The molecule has 3 aromatic rings. The topological polar surface area (TPSA) is 0 Å². The normalized spacial score (nSPS) is 26.7. The van der Waals surface area contributed by atoms with Crippen molar-refractivity contribution < 1.29 is 24.2 Å². The molecule has 0 heterocycles. The summed E-state index contributed by atoms with van der Waals surface area (Å²) >= 11 is 1.30. The summed E-state index contributed by atoms with van der Waals surface area (Å²) in [5.74, 6) is 3.82. The monoisotopic (exact) mass is 848 g/mol. The number of halogens is 2. The van der Waals surface area contributed by atoms with Gasteiger partial charge >= 0.3 is 28.4 Å². The van der Waals surface area contributed by atoms with Crippen LogP contribution in [-0.4, -0.2) is 4.21 Å². The third-order valence-electron chi connectivity index (χ3n) is 13.4. The van der Waals surface area contributed by atoms with Crippen LogP contribution in [0.2, 0.25) is 0 Å². The van der Waals surface area contributed by atoms with Gasteiger partial charge in [-0.2, -0.15) is 53.1 Å². The van der Waals surface area contributed by atoms with Crippen LogP contribution in [-0.2, 0) is 41.5 Å². The van der Waals surface area contributed by atoms with Crippen LogP contribution in [0.5, 0.6) is 0 Å². The summed E-state index contributed by atoms with van der Waals surface area (Å²) in [6, 6.07) is 20.6. The minimum Gasteiger partial charge on any atom is -0.358 e. The third-order valence-corrected chi connectivity index (χ3v) is 13.4. The smallest absolute Gasteiger partial charge is 0.358 e. The van der Waals surface area contributed by atoms with Crippen LogP contribution in [0.4, 0.5) is 0 Å². The van der Waals surface area contributed by atoms with Crippen molar-refractivity contribution in [3.63, 3.8) is 0 Å². The fourth-order valence-corrected chi connectivity index (χ4v) is 11.7. The van der Waals surface area contributed by atoms with E-state index in [2.05, 4.69) is 121 Å². The number of aryl methyl sites for hydroxylation is 1. The summed E-state index contributed by atoms with van der Waals surface area (Å²) in [7, 11) is 0. The summed E-state index contributed by atoms with van der Waals surface area (Å²) in [5.41, 5.74) is 19.6. The standard InChI is InChI=1S/C25H25.C18H25.C7H7.CH3.CH2.2ClH.Zr/c1-14-12-24(3,4)22-8-16-7-17-9-23-19(15(2)13-25(23,5)6)11-21(17)20(16)10-18(14)22;1-12-3-13(2)17(4-12)11-18-8-14-5-15(9-18)7-16(6-14)10-18;1-7-5-3-2-4-6-7;;;;;/h8-12H,7H2,1-6H3;4,12,14-16H,5-11H2,1-2H3;3-6H,1H3;1H3;1H2;2*1H;/q4*-1;;;;. The summed E-state index contributed by atoms with van der Waals surface area (Å²) in [5, 5.41) is 0. The second-order valence-corrected chi connectivity index (χ2v) is 18.6. The van der Waals surface area contributed by atoms with E-state index in [1.807, 2.05) is 24.3 Å². The Bertz CT molecular complexity index is 1880. The van der Waals surface area contributed by atoms with Gasteiger partial charge in [0, 0.05) is 5.41 Å². The first kappa shape index (κ1) is 45.7. The number of rotatable bonds is 2. The molecular weight excluding hydrogens is 787 g/mol. The van der Waals surface area contributed by atoms with Gasteiger partial charge < -0.3 is 7.43 Å². The molecule has 0 radical (unpaired) electrons. The number of hydrogen-bond donors (Lipinski definition) is 0.